The van der Waals surface area contributed by atoms with E-state index in [2.05, 4.69) is 52.0 Å². The predicted octanol–water partition coefficient (Wildman–Crippen LogP) is 6.22. The van der Waals surface area contributed by atoms with Crippen molar-refractivity contribution in [3.05, 3.63) is 93.0 Å². The second-order valence-electron chi connectivity index (χ2n) is 7.95. The molecule has 9 heteroatoms. The summed E-state index contributed by atoms with van der Waals surface area (Å²) in [5.41, 5.74) is 6.96. The number of rotatable bonds is 6. The van der Waals surface area contributed by atoms with Crippen LogP contribution in [0.15, 0.2) is 54.9 Å². The first-order valence-corrected chi connectivity index (χ1v) is 11.6. The van der Waals surface area contributed by atoms with Crippen LogP contribution in [-0.4, -0.2) is 24.7 Å². The van der Waals surface area contributed by atoms with Gasteiger partial charge in [-0.1, -0.05) is 59.1 Å². The second-order valence-corrected chi connectivity index (χ2v) is 9.17. The van der Waals surface area contributed by atoms with Crippen LogP contribution in [-0.2, 0) is 13.1 Å². The van der Waals surface area contributed by atoms with Crippen molar-refractivity contribution < 1.29 is 0 Å². The van der Waals surface area contributed by atoms with Crippen molar-refractivity contribution in [3.8, 4) is 0 Å². The Hall–Kier alpha value is -2.87. The largest absolute Gasteiger partial charge is 0.330 e. The van der Waals surface area contributed by atoms with Crippen molar-refractivity contribution in [1.29, 1.82) is 0 Å². The molecular formula is C24H24Cl2N6S. The van der Waals surface area contributed by atoms with Crippen molar-refractivity contribution in [2.24, 2.45) is 0 Å². The molecule has 0 aliphatic carbocycles. The standard InChI is InChI=1S/C24H24Cl2N6S/c1-15-5-4-6-18(9-15)12-31-14-20(11-27-31)28-24(33)29-23-16(2)30-32(17(23)3)13-19-7-8-21(25)22(26)10-19/h4-11,14H,12-13H2,1-3H3,(H2,28,29,33). The van der Waals surface area contributed by atoms with E-state index in [0.717, 1.165) is 28.3 Å². The van der Waals surface area contributed by atoms with Gasteiger partial charge in [-0.2, -0.15) is 10.2 Å². The van der Waals surface area contributed by atoms with Crippen molar-refractivity contribution in [2.45, 2.75) is 33.9 Å². The van der Waals surface area contributed by atoms with E-state index < -0.39 is 0 Å². The highest BCUT2D eigenvalue weighted by Gasteiger charge is 2.14. The Kier molecular flexibility index (Phi) is 7.02. The van der Waals surface area contributed by atoms with E-state index >= 15 is 0 Å². The number of nitrogens with one attached hydrogen (secondary N) is 2. The summed E-state index contributed by atoms with van der Waals surface area (Å²) in [6, 6.07) is 14.0. The Morgan fingerprint density at radius 1 is 0.970 bits per heavy atom. The highest BCUT2D eigenvalue weighted by atomic mass is 35.5. The highest BCUT2D eigenvalue weighted by Crippen LogP contribution is 2.25. The minimum absolute atomic E-state index is 0.477. The van der Waals surface area contributed by atoms with E-state index in [4.69, 9.17) is 35.4 Å². The van der Waals surface area contributed by atoms with Crippen LogP contribution in [0.2, 0.25) is 10.0 Å². The van der Waals surface area contributed by atoms with E-state index in [1.807, 2.05) is 41.5 Å². The van der Waals surface area contributed by atoms with Gasteiger partial charge < -0.3 is 10.6 Å². The van der Waals surface area contributed by atoms with Crippen LogP contribution < -0.4 is 10.6 Å². The first kappa shape index (κ1) is 23.3. The maximum Gasteiger partial charge on any atom is 0.175 e. The van der Waals surface area contributed by atoms with Gasteiger partial charge in [-0.25, -0.2) is 0 Å². The van der Waals surface area contributed by atoms with Crippen molar-refractivity contribution in [3.63, 3.8) is 0 Å². The molecule has 4 aromatic rings. The van der Waals surface area contributed by atoms with Gasteiger partial charge in [-0.05, 0) is 56.2 Å². The molecule has 0 aliphatic rings. The fourth-order valence-corrected chi connectivity index (χ4v) is 4.17. The first-order valence-electron chi connectivity index (χ1n) is 10.4. The SMILES string of the molecule is Cc1cccc(Cn2cc(NC(=S)Nc3c(C)nn(Cc4ccc(Cl)c(Cl)c4)c3C)cn2)c1. The molecule has 2 N–H and O–H groups in total. The molecule has 0 radical (unpaired) electrons. The molecule has 6 nitrogen and oxygen atoms in total. The lowest BCUT2D eigenvalue weighted by Crippen LogP contribution is -2.19. The molecule has 2 aromatic heterocycles. The van der Waals surface area contributed by atoms with Crippen molar-refractivity contribution >= 4 is 51.9 Å². The van der Waals surface area contributed by atoms with Gasteiger partial charge in [0.25, 0.3) is 0 Å². The van der Waals surface area contributed by atoms with Crippen LogP contribution in [0, 0.1) is 20.8 Å². The zero-order valence-electron chi connectivity index (χ0n) is 18.6. The minimum atomic E-state index is 0.477. The Balaban J connectivity index is 1.40. The third-order valence-electron chi connectivity index (χ3n) is 5.25. The number of nitrogens with zero attached hydrogens (tertiary/aromatic N) is 4. The van der Waals surface area contributed by atoms with Gasteiger partial charge in [0.15, 0.2) is 5.11 Å². The van der Waals surface area contributed by atoms with Gasteiger partial charge in [0.05, 0.1) is 52.1 Å². The molecule has 0 spiro atoms. The molecule has 0 aliphatic heterocycles. The molecule has 4 rings (SSSR count). The summed E-state index contributed by atoms with van der Waals surface area (Å²) in [7, 11) is 0. The normalized spacial score (nSPS) is 10.9. The van der Waals surface area contributed by atoms with Crippen molar-refractivity contribution in [2.75, 3.05) is 10.6 Å². The van der Waals surface area contributed by atoms with Crippen LogP contribution >= 0.6 is 35.4 Å². The molecule has 0 saturated carbocycles. The second kappa shape index (κ2) is 9.95. The zero-order valence-corrected chi connectivity index (χ0v) is 20.9. The van der Waals surface area contributed by atoms with Gasteiger partial charge in [-0.15, -0.1) is 0 Å². The third-order valence-corrected chi connectivity index (χ3v) is 6.20. The lowest BCUT2D eigenvalue weighted by Gasteiger charge is -2.10. The summed E-state index contributed by atoms with van der Waals surface area (Å²) in [4.78, 5) is 0. The monoisotopic (exact) mass is 498 g/mol. The van der Waals surface area contributed by atoms with Crippen LogP contribution in [0.25, 0.3) is 0 Å². The average molecular weight is 499 g/mol. The summed E-state index contributed by atoms with van der Waals surface area (Å²) in [5.74, 6) is 0. The number of hydrogen-bond acceptors (Lipinski definition) is 3. The molecule has 2 heterocycles. The summed E-state index contributed by atoms with van der Waals surface area (Å²) in [5, 5.41) is 17.1. The number of thiocarbonyl (C=S) groups is 1. The molecule has 0 saturated heterocycles. The summed E-state index contributed by atoms with van der Waals surface area (Å²) in [6.07, 6.45) is 3.70. The number of hydrogen-bond donors (Lipinski definition) is 2. The Morgan fingerprint density at radius 2 is 1.76 bits per heavy atom. The van der Waals surface area contributed by atoms with E-state index in [0.29, 0.717) is 28.2 Å². The van der Waals surface area contributed by atoms with Gasteiger partial charge in [0.1, 0.15) is 0 Å². The van der Waals surface area contributed by atoms with Crippen LogP contribution in [0.3, 0.4) is 0 Å². The fraction of sp³-hybridized carbons (Fsp3) is 0.208. The van der Waals surface area contributed by atoms with Gasteiger partial charge >= 0.3 is 0 Å². The molecule has 0 bridgehead atoms. The van der Waals surface area contributed by atoms with Gasteiger partial charge in [-0.3, -0.25) is 9.36 Å². The minimum Gasteiger partial charge on any atom is -0.330 e. The van der Waals surface area contributed by atoms with E-state index in [1.54, 1.807) is 12.3 Å². The van der Waals surface area contributed by atoms with Gasteiger partial charge in [0, 0.05) is 6.20 Å². The molecule has 0 unspecified atom stereocenters. The van der Waals surface area contributed by atoms with Crippen LogP contribution in [0.5, 0.6) is 0 Å². The topological polar surface area (TPSA) is 59.7 Å². The Bertz CT molecular complexity index is 1310. The maximum atomic E-state index is 6.15. The van der Waals surface area contributed by atoms with Crippen LogP contribution in [0.1, 0.15) is 28.1 Å². The number of anilines is 2. The Labute approximate surface area is 208 Å². The molecule has 170 valence electrons. The summed E-state index contributed by atoms with van der Waals surface area (Å²) >= 11 is 17.7. The highest BCUT2D eigenvalue weighted by molar-refractivity contribution is 7.80. The molecule has 2 aromatic carbocycles. The number of benzene rings is 2. The molecule has 33 heavy (non-hydrogen) atoms. The van der Waals surface area contributed by atoms with Crippen molar-refractivity contribution in [1.82, 2.24) is 19.6 Å². The molecular weight excluding hydrogens is 475 g/mol. The van der Waals surface area contributed by atoms with E-state index in [9.17, 15) is 0 Å². The summed E-state index contributed by atoms with van der Waals surface area (Å²) < 4.78 is 3.80. The van der Waals surface area contributed by atoms with E-state index in [1.165, 1.54) is 11.1 Å². The molecule has 0 atom stereocenters. The zero-order chi connectivity index (χ0) is 23.5. The quantitative estimate of drug-likeness (QED) is 0.309. The van der Waals surface area contributed by atoms with E-state index in [-0.39, 0.29) is 0 Å². The first-order chi connectivity index (χ1) is 15.8. The molecule has 0 fully saturated rings. The van der Waals surface area contributed by atoms with Gasteiger partial charge in [0.2, 0.25) is 0 Å². The average Bonchev–Trinajstić information content (AvgIpc) is 3.30. The Morgan fingerprint density at radius 3 is 2.52 bits per heavy atom. The number of halogens is 2. The number of aromatic nitrogens is 4. The fourth-order valence-electron chi connectivity index (χ4n) is 3.63. The third kappa shape index (κ3) is 5.74. The predicted molar refractivity (Wildman–Crippen MR) is 140 cm³/mol. The lowest BCUT2D eigenvalue weighted by molar-refractivity contribution is 0.659. The van der Waals surface area contributed by atoms with Crippen LogP contribution in [0.4, 0.5) is 11.4 Å². The summed E-state index contributed by atoms with van der Waals surface area (Å²) in [6.45, 7) is 7.31. The smallest absolute Gasteiger partial charge is 0.175 e. The molecule has 0 amide bonds. The lowest BCUT2D eigenvalue weighted by atomic mass is 10.1. The maximum absolute atomic E-state index is 6.15. The number of aryl methyl sites for hydroxylation is 2.